The smallest absolute Gasteiger partial charge is 0.264 e. The lowest BCUT2D eigenvalue weighted by molar-refractivity contribution is -0.131. The van der Waals surface area contributed by atoms with Crippen molar-refractivity contribution in [3.05, 3.63) is 82.9 Å². The molecule has 8 rings (SSSR count). The van der Waals surface area contributed by atoms with Gasteiger partial charge in [0, 0.05) is 88.1 Å². The van der Waals surface area contributed by atoms with Gasteiger partial charge in [-0.1, -0.05) is 43.3 Å². The largest absolute Gasteiger partial charge is 0.490 e. The quantitative estimate of drug-likeness (QED) is 0.326. The van der Waals surface area contributed by atoms with Gasteiger partial charge in [-0.25, -0.2) is 13.1 Å². The summed E-state index contributed by atoms with van der Waals surface area (Å²) in [6.45, 7) is 14.8. The molecule has 4 heterocycles. The first-order chi connectivity index (χ1) is 27.3. The van der Waals surface area contributed by atoms with E-state index in [-0.39, 0.29) is 40.7 Å². The van der Waals surface area contributed by atoms with Gasteiger partial charge in [0.2, 0.25) is 15.9 Å². The van der Waals surface area contributed by atoms with Crippen LogP contribution in [0.15, 0.2) is 61.2 Å². The van der Waals surface area contributed by atoms with Gasteiger partial charge in [-0.15, -0.1) is 0 Å². The van der Waals surface area contributed by atoms with Crippen molar-refractivity contribution in [1.82, 2.24) is 19.4 Å². The minimum Gasteiger partial charge on any atom is -0.490 e. The molecule has 0 aromatic heterocycles. The lowest BCUT2D eigenvalue weighted by atomic mass is 9.63. The Bertz CT molecular complexity index is 2030. The molecule has 1 N–H and O–H groups in total. The number of fused-ring (bicyclic) bond motifs is 5. The number of allylic oxidation sites excluding steroid dienone is 1. The number of amides is 2. The van der Waals surface area contributed by atoms with Gasteiger partial charge in [-0.2, -0.15) is 0 Å². The molecular formula is C44H58ClN5O6S. The summed E-state index contributed by atoms with van der Waals surface area (Å²) in [4.78, 5) is 35.7. The van der Waals surface area contributed by atoms with Crippen molar-refractivity contribution in [2.45, 2.75) is 74.7 Å². The van der Waals surface area contributed by atoms with Crippen LogP contribution in [-0.2, 0) is 31.4 Å². The number of methoxy groups -OCH3 is 1. The Morgan fingerprint density at radius 2 is 1.91 bits per heavy atom. The second-order valence-corrected chi connectivity index (χ2v) is 20.1. The molecule has 3 fully saturated rings. The molecule has 13 heteroatoms. The van der Waals surface area contributed by atoms with E-state index in [1.165, 1.54) is 17.2 Å². The molecule has 2 saturated heterocycles. The molecule has 308 valence electrons. The minimum atomic E-state index is -3.99. The fraction of sp³-hybridized carbons (Fsp3) is 0.591. The number of ether oxygens (including phenoxy) is 2. The van der Waals surface area contributed by atoms with Crippen molar-refractivity contribution in [2.24, 2.45) is 17.8 Å². The van der Waals surface area contributed by atoms with E-state index in [2.05, 4.69) is 50.3 Å². The number of hydrogen-bond donors (Lipinski definition) is 1. The maximum absolute atomic E-state index is 13.7. The van der Waals surface area contributed by atoms with Crippen LogP contribution in [0.5, 0.6) is 5.75 Å². The Hall–Kier alpha value is -3.42. The lowest BCUT2D eigenvalue weighted by Gasteiger charge is -2.53. The van der Waals surface area contributed by atoms with E-state index in [1.807, 2.05) is 37.1 Å². The average molecular weight is 820 g/mol. The van der Waals surface area contributed by atoms with Gasteiger partial charge in [-0.05, 0) is 111 Å². The molecule has 2 aromatic carbocycles. The molecule has 6 aliphatic rings. The number of sulfonamides is 1. The third-order valence-corrected chi connectivity index (χ3v) is 16.5. The highest BCUT2D eigenvalue weighted by atomic mass is 35.5. The standard InChI is InChI=1S/C44H58ClN5O6S/c1-5-41(51)49-21-20-48-19-18-47(25-36(48)26-49)28-44(55-4)17-6-8-30(2)31(3)57(53,54)46-42(52)33-11-15-40-39(23-33)50(24-34-10-13-38(34)44)27-43(29-56-40)16-7-9-32-22-35(45)12-14-37(32)43/h5-6,11-12,14-15,17,22-23,30-31,34,36,38H,1,7-10,13,16,18-21,24-29H2,2-4H3,(H,46,52)/b17-6-/t30-,31+,34-,36-,38+,43-,44+/m0/s1. The molecule has 11 nitrogen and oxygen atoms in total. The topological polar surface area (TPSA) is 112 Å². The number of nitrogens with zero attached hydrogens (tertiary/aromatic N) is 4. The molecule has 0 radical (unpaired) electrons. The van der Waals surface area contributed by atoms with E-state index in [0.717, 1.165) is 82.1 Å². The monoisotopic (exact) mass is 819 g/mol. The highest BCUT2D eigenvalue weighted by Crippen LogP contribution is 2.49. The first-order valence-corrected chi connectivity index (χ1v) is 22.7. The first kappa shape index (κ1) is 40.4. The second-order valence-electron chi connectivity index (χ2n) is 17.6. The molecule has 7 atom stereocenters. The summed E-state index contributed by atoms with van der Waals surface area (Å²) < 4.78 is 43.2. The zero-order chi connectivity index (χ0) is 40.1. The summed E-state index contributed by atoms with van der Waals surface area (Å²) in [5.74, 6) is 0.261. The lowest BCUT2D eigenvalue weighted by Crippen LogP contribution is -2.65. The van der Waals surface area contributed by atoms with Gasteiger partial charge in [-0.3, -0.25) is 19.4 Å². The number of rotatable bonds is 4. The minimum absolute atomic E-state index is 0.0160. The van der Waals surface area contributed by atoms with E-state index in [9.17, 15) is 18.0 Å². The fourth-order valence-electron chi connectivity index (χ4n) is 10.6. The number of hydrogen-bond acceptors (Lipinski definition) is 9. The molecule has 4 aliphatic heterocycles. The molecule has 1 saturated carbocycles. The Balaban J connectivity index is 1.16. The van der Waals surface area contributed by atoms with E-state index in [0.29, 0.717) is 38.4 Å². The van der Waals surface area contributed by atoms with Crippen molar-refractivity contribution in [2.75, 3.05) is 77.5 Å². The molecule has 57 heavy (non-hydrogen) atoms. The van der Waals surface area contributed by atoms with E-state index in [4.69, 9.17) is 21.1 Å². The maximum atomic E-state index is 13.7. The molecule has 0 unspecified atom stereocenters. The Morgan fingerprint density at radius 1 is 1.09 bits per heavy atom. The van der Waals surface area contributed by atoms with Gasteiger partial charge >= 0.3 is 0 Å². The zero-order valence-corrected chi connectivity index (χ0v) is 35.2. The molecule has 2 amide bonds. The Labute approximate surface area is 343 Å². The number of anilines is 1. The Morgan fingerprint density at radius 3 is 2.68 bits per heavy atom. The number of benzene rings is 2. The van der Waals surface area contributed by atoms with E-state index in [1.54, 1.807) is 13.0 Å². The van der Waals surface area contributed by atoms with Gasteiger partial charge in [0.15, 0.2) is 0 Å². The number of carbonyl (C=O) groups is 2. The summed E-state index contributed by atoms with van der Waals surface area (Å²) in [5.41, 5.74) is 2.70. The Kier molecular flexibility index (Phi) is 11.3. The maximum Gasteiger partial charge on any atom is 0.264 e. The first-order valence-electron chi connectivity index (χ1n) is 20.8. The van der Waals surface area contributed by atoms with Gasteiger partial charge in [0.25, 0.3) is 5.91 Å². The molecule has 2 aliphatic carbocycles. The number of halogens is 1. The van der Waals surface area contributed by atoms with Crippen LogP contribution in [0.3, 0.4) is 0 Å². The van der Waals surface area contributed by atoms with Crippen molar-refractivity contribution in [3.63, 3.8) is 0 Å². The van der Waals surface area contributed by atoms with Crippen LogP contribution >= 0.6 is 11.6 Å². The van der Waals surface area contributed by atoms with Crippen molar-refractivity contribution in [3.8, 4) is 5.75 Å². The van der Waals surface area contributed by atoms with E-state index >= 15 is 0 Å². The van der Waals surface area contributed by atoms with Crippen LogP contribution in [-0.4, -0.2) is 124 Å². The van der Waals surface area contributed by atoms with Gasteiger partial charge in [0.05, 0.1) is 17.5 Å². The summed E-state index contributed by atoms with van der Waals surface area (Å²) >= 11 is 6.52. The third kappa shape index (κ3) is 7.77. The average Bonchev–Trinajstić information content (AvgIpc) is 3.34. The number of aryl methyl sites for hydroxylation is 1. The van der Waals surface area contributed by atoms with Crippen LogP contribution in [0, 0.1) is 17.8 Å². The van der Waals surface area contributed by atoms with Crippen LogP contribution in [0.4, 0.5) is 5.69 Å². The second kappa shape index (κ2) is 16.0. The molecular weight excluding hydrogens is 762 g/mol. The van der Waals surface area contributed by atoms with Crippen LogP contribution in [0.25, 0.3) is 0 Å². The molecule has 2 bridgehead atoms. The number of carbonyl (C=O) groups excluding carboxylic acids is 2. The van der Waals surface area contributed by atoms with Crippen molar-refractivity contribution in [1.29, 1.82) is 0 Å². The van der Waals surface area contributed by atoms with Crippen molar-refractivity contribution < 1.29 is 27.5 Å². The van der Waals surface area contributed by atoms with Crippen LogP contribution < -0.4 is 14.4 Å². The van der Waals surface area contributed by atoms with Crippen LogP contribution in [0.1, 0.15) is 67.4 Å². The predicted octanol–water partition coefficient (Wildman–Crippen LogP) is 5.28. The molecule has 1 spiro atoms. The number of nitrogens with one attached hydrogen (secondary N) is 1. The summed E-state index contributed by atoms with van der Waals surface area (Å²) in [6.07, 6.45) is 11.2. The summed E-state index contributed by atoms with van der Waals surface area (Å²) in [5, 5.41) is -0.0786. The van der Waals surface area contributed by atoms with Gasteiger partial charge < -0.3 is 19.3 Å². The fourth-order valence-corrected chi connectivity index (χ4v) is 12.1. The highest BCUT2D eigenvalue weighted by Gasteiger charge is 2.50. The third-order valence-electron chi connectivity index (χ3n) is 14.3. The zero-order valence-electron chi connectivity index (χ0n) is 33.6. The summed E-state index contributed by atoms with van der Waals surface area (Å²) in [7, 11) is -2.17. The highest BCUT2D eigenvalue weighted by molar-refractivity contribution is 7.90. The van der Waals surface area contributed by atoms with Crippen molar-refractivity contribution >= 4 is 39.1 Å². The number of piperazine rings is 2. The summed E-state index contributed by atoms with van der Waals surface area (Å²) in [6, 6.07) is 11.8. The van der Waals surface area contributed by atoms with E-state index < -0.39 is 26.8 Å². The molecule has 2 aromatic rings. The van der Waals surface area contributed by atoms with Gasteiger partial charge in [0.1, 0.15) is 11.4 Å². The normalized spacial score (nSPS) is 33.7. The van der Waals surface area contributed by atoms with Crippen LogP contribution in [0.2, 0.25) is 5.02 Å². The SMILES string of the molecule is C=CC(=O)N1CCN2CCN(C[C@]3(OC)/C=C\C[C@H](C)[C@@H](C)S(=O)(=O)NC(=O)c4ccc5c(c4)N(C[C@@H]4CC[C@H]43)C[C@@]3(CCCc4cc(Cl)ccc43)CO5)C[C@H]2C1. The predicted molar refractivity (Wildman–Crippen MR) is 224 cm³/mol.